The molecule has 2 fully saturated rings. The van der Waals surface area contributed by atoms with Gasteiger partial charge in [-0.05, 0) is 49.2 Å². The molecule has 0 spiro atoms. The van der Waals surface area contributed by atoms with Crippen molar-refractivity contribution in [3.8, 4) is 17.0 Å². The molecule has 7 nitrogen and oxygen atoms in total. The van der Waals surface area contributed by atoms with Gasteiger partial charge in [-0.25, -0.2) is 8.96 Å². The van der Waals surface area contributed by atoms with E-state index in [0.717, 1.165) is 41.2 Å². The Morgan fingerprint density at radius 2 is 2.09 bits per heavy atom. The van der Waals surface area contributed by atoms with Gasteiger partial charge in [-0.2, -0.15) is 0 Å². The number of aromatic nitrogens is 2. The predicted octanol–water partition coefficient (Wildman–Crippen LogP) is 3.38. The SMILES string of the molecule is C[n+]1ccccc1N1CC[C@H](Oc2ccc(-c3cc(NC(=O)C4CC4)ccn3)cc2CN)[C@H](F)C1. The second-order valence-corrected chi connectivity index (χ2v) is 9.30. The zero-order valence-electron chi connectivity index (χ0n) is 19.9. The third-order valence-corrected chi connectivity index (χ3v) is 6.66. The summed E-state index contributed by atoms with van der Waals surface area (Å²) in [6.45, 7) is 1.25. The van der Waals surface area contributed by atoms with Crippen LogP contribution in [0.4, 0.5) is 15.9 Å². The first kappa shape index (κ1) is 23.2. The Hall–Kier alpha value is -3.52. The minimum absolute atomic E-state index is 0.0568. The number of ether oxygens (including phenoxy) is 1. The molecule has 0 radical (unpaired) electrons. The summed E-state index contributed by atoms with van der Waals surface area (Å²) in [6.07, 6.45) is 4.47. The standard InChI is InChI=1S/C27H30FN5O2/c1-32-12-3-2-4-26(32)33-13-10-25(22(28)17-33)35-24-8-7-19(14-20(24)16-29)23-15-21(9-11-30-23)31-27(34)18-5-6-18/h2-4,7-9,11-12,14-15,18,22,25H,5-6,10,13,16-17,29H2,1H3/p+1/t22-,25+/m1/s1. The Balaban J connectivity index is 1.28. The minimum Gasteiger partial charge on any atom is -0.487 e. The van der Waals surface area contributed by atoms with Crippen LogP contribution in [-0.2, 0) is 18.4 Å². The van der Waals surface area contributed by atoms with E-state index in [4.69, 9.17) is 10.5 Å². The average Bonchev–Trinajstić information content (AvgIpc) is 3.72. The first-order valence-corrected chi connectivity index (χ1v) is 12.1. The van der Waals surface area contributed by atoms with Gasteiger partial charge in [0, 0.05) is 48.0 Å². The number of aryl methyl sites for hydroxylation is 1. The smallest absolute Gasteiger partial charge is 0.276 e. The second-order valence-electron chi connectivity index (χ2n) is 9.30. The van der Waals surface area contributed by atoms with Crippen molar-refractivity contribution in [2.45, 2.75) is 38.1 Å². The van der Waals surface area contributed by atoms with Crippen molar-refractivity contribution in [1.29, 1.82) is 0 Å². The van der Waals surface area contributed by atoms with Gasteiger partial charge in [-0.3, -0.25) is 14.7 Å². The molecule has 0 bridgehead atoms. The van der Waals surface area contributed by atoms with Crippen LogP contribution in [0.15, 0.2) is 60.9 Å². The summed E-state index contributed by atoms with van der Waals surface area (Å²) in [7, 11) is 1.96. The van der Waals surface area contributed by atoms with Crippen LogP contribution in [0.2, 0.25) is 0 Å². The van der Waals surface area contributed by atoms with E-state index in [1.807, 2.05) is 60.3 Å². The van der Waals surface area contributed by atoms with Gasteiger partial charge in [-0.1, -0.05) is 6.07 Å². The number of nitrogens with zero attached hydrogens (tertiary/aromatic N) is 3. The van der Waals surface area contributed by atoms with E-state index in [-0.39, 0.29) is 24.9 Å². The van der Waals surface area contributed by atoms with Crippen molar-refractivity contribution in [3.63, 3.8) is 0 Å². The highest BCUT2D eigenvalue weighted by Gasteiger charge is 2.36. The van der Waals surface area contributed by atoms with Crippen LogP contribution in [0, 0.1) is 5.92 Å². The number of nitrogens with two attached hydrogens (primary N) is 1. The molecule has 1 aliphatic carbocycles. The number of benzene rings is 1. The van der Waals surface area contributed by atoms with E-state index in [1.54, 1.807) is 12.3 Å². The Morgan fingerprint density at radius 1 is 1.23 bits per heavy atom. The molecule has 3 N–H and O–H groups in total. The number of amides is 1. The lowest BCUT2D eigenvalue weighted by atomic mass is 10.0. The van der Waals surface area contributed by atoms with Gasteiger partial charge in [0.25, 0.3) is 5.82 Å². The van der Waals surface area contributed by atoms with Crippen molar-refractivity contribution in [1.82, 2.24) is 4.98 Å². The minimum atomic E-state index is -1.12. The molecule has 1 saturated heterocycles. The lowest BCUT2D eigenvalue weighted by Crippen LogP contribution is -2.50. The van der Waals surface area contributed by atoms with E-state index in [2.05, 4.69) is 15.2 Å². The highest BCUT2D eigenvalue weighted by atomic mass is 19.1. The van der Waals surface area contributed by atoms with Gasteiger partial charge in [0.05, 0.1) is 25.5 Å². The maximum Gasteiger partial charge on any atom is 0.276 e. The Labute approximate surface area is 204 Å². The maximum absolute atomic E-state index is 15.1. The number of piperidine rings is 1. The summed E-state index contributed by atoms with van der Waals surface area (Å²) in [5.41, 5.74) is 9.13. The molecule has 5 rings (SSSR count). The van der Waals surface area contributed by atoms with Gasteiger partial charge in [-0.15, -0.1) is 0 Å². The number of anilines is 2. The number of pyridine rings is 2. The number of hydrogen-bond donors (Lipinski definition) is 2. The van der Waals surface area contributed by atoms with E-state index in [9.17, 15) is 4.79 Å². The summed E-state index contributed by atoms with van der Waals surface area (Å²) in [4.78, 5) is 18.6. The molecule has 1 amide bonds. The molecule has 3 heterocycles. The van der Waals surface area contributed by atoms with Gasteiger partial charge in [0.15, 0.2) is 6.17 Å². The average molecular weight is 477 g/mol. The van der Waals surface area contributed by atoms with Crippen LogP contribution < -0.4 is 25.3 Å². The van der Waals surface area contributed by atoms with Crippen molar-refractivity contribution in [3.05, 3.63) is 66.5 Å². The molecule has 35 heavy (non-hydrogen) atoms. The number of rotatable bonds is 7. The highest BCUT2D eigenvalue weighted by molar-refractivity contribution is 5.94. The Morgan fingerprint density at radius 3 is 2.83 bits per heavy atom. The fraction of sp³-hybridized carbons (Fsp3) is 0.370. The molecular formula is C27H31FN5O2+. The van der Waals surface area contributed by atoms with Crippen LogP contribution in [0.5, 0.6) is 5.75 Å². The lowest BCUT2D eigenvalue weighted by Gasteiger charge is -2.32. The zero-order valence-corrected chi connectivity index (χ0v) is 19.9. The summed E-state index contributed by atoms with van der Waals surface area (Å²) in [6, 6.07) is 15.2. The summed E-state index contributed by atoms with van der Waals surface area (Å²) in [5.74, 6) is 1.78. The van der Waals surface area contributed by atoms with E-state index in [0.29, 0.717) is 18.7 Å². The number of carbonyl (C=O) groups is 1. The number of alkyl halides is 1. The Kier molecular flexibility index (Phi) is 6.63. The largest absolute Gasteiger partial charge is 0.487 e. The summed E-state index contributed by atoms with van der Waals surface area (Å²) in [5, 5.41) is 2.96. The van der Waals surface area contributed by atoms with Crippen LogP contribution in [0.25, 0.3) is 11.3 Å². The van der Waals surface area contributed by atoms with Crippen molar-refractivity contribution >= 4 is 17.4 Å². The first-order chi connectivity index (χ1) is 17.0. The van der Waals surface area contributed by atoms with E-state index < -0.39 is 12.3 Å². The molecule has 3 aromatic rings. The van der Waals surface area contributed by atoms with Crippen molar-refractivity contribution in [2.24, 2.45) is 18.7 Å². The number of nitrogens with one attached hydrogen (secondary N) is 1. The molecule has 2 aliphatic rings. The molecular weight excluding hydrogens is 445 g/mol. The topological polar surface area (TPSA) is 84.4 Å². The van der Waals surface area contributed by atoms with Crippen molar-refractivity contribution < 1.29 is 18.5 Å². The summed E-state index contributed by atoms with van der Waals surface area (Å²) >= 11 is 0. The second kappa shape index (κ2) is 10.00. The van der Waals surface area contributed by atoms with Crippen LogP contribution in [0.3, 0.4) is 0 Å². The molecule has 1 saturated carbocycles. The predicted molar refractivity (Wildman–Crippen MR) is 133 cm³/mol. The number of halogens is 1. The molecule has 8 heteroatoms. The molecule has 0 unspecified atom stereocenters. The van der Waals surface area contributed by atoms with Crippen molar-refractivity contribution in [2.75, 3.05) is 23.3 Å². The third-order valence-electron chi connectivity index (χ3n) is 6.66. The van der Waals surface area contributed by atoms with Gasteiger partial charge in [0.1, 0.15) is 18.4 Å². The van der Waals surface area contributed by atoms with Crippen LogP contribution in [-0.4, -0.2) is 36.3 Å². The first-order valence-electron chi connectivity index (χ1n) is 12.1. The van der Waals surface area contributed by atoms with Crippen LogP contribution >= 0.6 is 0 Å². The van der Waals surface area contributed by atoms with Gasteiger partial charge >= 0.3 is 0 Å². The molecule has 1 aromatic carbocycles. The van der Waals surface area contributed by atoms with Crippen LogP contribution in [0.1, 0.15) is 24.8 Å². The lowest BCUT2D eigenvalue weighted by molar-refractivity contribution is -0.659. The van der Waals surface area contributed by atoms with E-state index in [1.165, 1.54) is 0 Å². The molecule has 2 atom stereocenters. The monoisotopic (exact) mass is 476 g/mol. The highest BCUT2D eigenvalue weighted by Crippen LogP contribution is 2.32. The normalized spacial score (nSPS) is 19.9. The number of carbonyl (C=O) groups excluding carboxylic acids is 1. The number of hydrogen-bond acceptors (Lipinski definition) is 5. The third kappa shape index (κ3) is 5.27. The molecule has 182 valence electrons. The fourth-order valence-electron chi connectivity index (χ4n) is 4.50. The zero-order chi connectivity index (χ0) is 24.4. The molecule has 1 aliphatic heterocycles. The van der Waals surface area contributed by atoms with E-state index >= 15 is 4.39 Å². The quantitative estimate of drug-likeness (QED) is 0.511. The summed E-state index contributed by atoms with van der Waals surface area (Å²) < 4.78 is 23.3. The fourth-order valence-corrected chi connectivity index (χ4v) is 4.50. The Bertz CT molecular complexity index is 1220. The molecule has 2 aromatic heterocycles. The van der Waals surface area contributed by atoms with Gasteiger partial charge < -0.3 is 15.8 Å². The maximum atomic E-state index is 15.1. The van der Waals surface area contributed by atoms with Gasteiger partial charge in [0.2, 0.25) is 5.91 Å².